The van der Waals surface area contributed by atoms with E-state index in [1.807, 2.05) is 13.8 Å². The highest BCUT2D eigenvalue weighted by atomic mass is 16.5. The number of aryl methyl sites for hydroxylation is 1. The van der Waals surface area contributed by atoms with Crippen LogP contribution in [0.1, 0.15) is 30.8 Å². The smallest absolute Gasteiger partial charge is 0.0847 e. The van der Waals surface area contributed by atoms with Gasteiger partial charge in [0, 0.05) is 0 Å². The van der Waals surface area contributed by atoms with Gasteiger partial charge in [0.25, 0.3) is 0 Å². The molecular weight excluding hydrogens is 266 g/mol. The van der Waals surface area contributed by atoms with Gasteiger partial charge in [-0.05, 0) is 38.5 Å². The van der Waals surface area contributed by atoms with Crippen LogP contribution in [0, 0.1) is 6.92 Å². The fourth-order valence-electron chi connectivity index (χ4n) is 2.08. The normalized spacial score (nSPS) is 23.2. The molecule has 0 amide bonds. The lowest BCUT2D eigenvalue weighted by atomic mass is 10.1. The number of rotatable bonds is 0. The fourth-order valence-corrected chi connectivity index (χ4v) is 2.08. The second-order valence-electron chi connectivity index (χ2n) is 5.07. The van der Waals surface area contributed by atoms with E-state index in [4.69, 9.17) is 9.47 Å². The van der Waals surface area contributed by atoms with Crippen molar-refractivity contribution in [3.05, 3.63) is 29.1 Å². The van der Waals surface area contributed by atoms with Crippen LogP contribution in [0.4, 0.5) is 0 Å². The lowest BCUT2D eigenvalue weighted by Crippen LogP contribution is -2.09. The molecule has 1 aromatic heterocycles. The van der Waals surface area contributed by atoms with Crippen molar-refractivity contribution in [1.29, 1.82) is 0 Å². The van der Waals surface area contributed by atoms with Crippen LogP contribution in [0.5, 0.6) is 0 Å². The summed E-state index contributed by atoms with van der Waals surface area (Å²) in [5.74, 6) is 0. The van der Waals surface area contributed by atoms with E-state index in [-0.39, 0.29) is 0 Å². The minimum atomic E-state index is 0.600. The Morgan fingerprint density at radius 1 is 0.762 bits per heavy atom. The Balaban J connectivity index is 2.28. The third-order valence-electron chi connectivity index (χ3n) is 3.25. The zero-order valence-corrected chi connectivity index (χ0v) is 13.1. The summed E-state index contributed by atoms with van der Waals surface area (Å²) in [5.41, 5.74) is 4.84. The Morgan fingerprint density at radius 3 is 1.71 bits per heavy atom. The molecule has 0 aliphatic carbocycles. The van der Waals surface area contributed by atoms with Gasteiger partial charge in [0.05, 0.1) is 62.3 Å². The van der Waals surface area contributed by atoms with Crippen molar-refractivity contribution in [2.45, 2.75) is 20.8 Å². The van der Waals surface area contributed by atoms with Gasteiger partial charge in [-0.25, -0.2) is 4.98 Å². The van der Waals surface area contributed by atoms with Gasteiger partial charge in [-0.2, -0.15) is 0 Å². The average Bonchev–Trinajstić information content (AvgIpc) is 2.47. The Bertz CT molecular complexity index is 494. The molecule has 2 bridgehead atoms. The van der Waals surface area contributed by atoms with E-state index >= 15 is 0 Å². The third kappa shape index (κ3) is 5.02. The van der Waals surface area contributed by atoms with Crippen LogP contribution in [0.2, 0.25) is 0 Å². The predicted octanol–water partition coefficient (Wildman–Crippen LogP) is 2.05. The maximum Gasteiger partial charge on any atom is 0.0847 e. The van der Waals surface area contributed by atoms with E-state index in [1.54, 1.807) is 0 Å². The Hall–Kier alpha value is -1.59. The molecule has 114 valence electrons. The van der Waals surface area contributed by atoms with Gasteiger partial charge in [0.15, 0.2) is 0 Å². The zero-order chi connectivity index (χ0) is 15.1. The number of fused-ring (bicyclic) bond motifs is 2. The molecule has 0 fully saturated rings. The van der Waals surface area contributed by atoms with Gasteiger partial charge in [0.2, 0.25) is 0 Å². The van der Waals surface area contributed by atoms with E-state index in [0.29, 0.717) is 39.5 Å². The van der Waals surface area contributed by atoms with Crippen molar-refractivity contribution in [2.24, 2.45) is 9.98 Å². The van der Waals surface area contributed by atoms with Crippen LogP contribution < -0.4 is 0 Å². The largest absolute Gasteiger partial charge is 0.377 e. The average molecular weight is 289 g/mol. The molecule has 1 aliphatic rings. The topological polar surface area (TPSA) is 56.1 Å². The summed E-state index contributed by atoms with van der Waals surface area (Å²) in [6.45, 7) is 9.73. The second-order valence-corrected chi connectivity index (χ2v) is 5.07. The Kier molecular flexibility index (Phi) is 6.02. The third-order valence-corrected chi connectivity index (χ3v) is 3.25. The van der Waals surface area contributed by atoms with Crippen molar-refractivity contribution < 1.29 is 9.47 Å². The quantitative estimate of drug-likeness (QED) is 0.734. The van der Waals surface area contributed by atoms with Gasteiger partial charge >= 0.3 is 0 Å². The summed E-state index contributed by atoms with van der Waals surface area (Å²) in [6.07, 6.45) is 0. The van der Waals surface area contributed by atoms with Crippen LogP contribution in [0.25, 0.3) is 0 Å². The van der Waals surface area contributed by atoms with Gasteiger partial charge < -0.3 is 9.47 Å². The van der Waals surface area contributed by atoms with Gasteiger partial charge in [-0.1, -0.05) is 0 Å². The molecule has 0 radical (unpaired) electrons. The maximum absolute atomic E-state index is 5.47. The monoisotopic (exact) mass is 289 g/mol. The molecule has 0 saturated carbocycles. The molecule has 1 aromatic rings. The van der Waals surface area contributed by atoms with Gasteiger partial charge in [-0.3, -0.25) is 9.98 Å². The first-order valence-electron chi connectivity index (χ1n) is 7.34. The van der Waals surface area contributed by atoms with Crippen molar-refractivity contribution in [3.8, 4) is 0 Å². The first-order valence-corrected chi connectivity index (χ1v) is 7.34. The number of aromatic nitrogens is 1. The van der Waals surface area contributed by atoms with Crippen molar-refractivity contribution in [3.63, 3.8) is 0 Å². The number of pyridine rings is 1. The highest BCUT2D eigenvalue weighted by Crippen LogP contribution is 2.08. The summed E-state index contributed by atoms with van der Waals surface area (Å²) in [4.78, 5) is 13.7. The fraction of sp³-hybridized carbons (Fsp3) is 0.562. The summed E-state index contributed by atoms with van der Waals surface area (Å²) in [6, 6.07) is 4.11. The molecule has 0 saturated heterocycles. The first-order chi connectivity index (χ1) is 10.2. The van der Waals surface area contributed by atoms with E-state index < -0.39 is 0 Å². The molecule has 0 unspecified atom stereocenters. The lowest BCUT2D eigenvalue weighted by Gasteiger charge is -2.07. The molecule has 2 rings (SSSR count). The van der Waals surface area contributed by atoms with E-state index in [0.717, 1.165) is 28.4 Å². The van der Waals surface area contributed by atoms with Crippen molar-refractivity contribution in [1.82, 2.24) is 4.98 Å². The van der Waals surface area contributed by atoms with E-state index in [9.17, 15) is 0 Å². The molecule has 2 heterocycles. The standard InChI is InChI=1S/C16H23N3O2/c1-12-10-15-13(2)17-4-6-20-8-9-21-7-5-18-14(3)16(11-12)19-15/h10-11H,4-9H2,1-3H3/b17-13+,18-14+. The van der Waals surface area contributed by atoms with Crippen LogP contribution >= 0.6 is 0 Å². The van der Waals surface area contributed by atoms with Crippen molar-refractivity contribution >= 4 is 11.4 Å². The summed E-state index contributed by atoms with van der Waals surface area (Å²) in [7, 11) is 0. The highest BCUT2D eigenvalue weighted by molar-refractivity contribution is 6.01. The summed E-state index contributed by atoms with van der Waals surface area (Å²) >= 11 is 0. The van der Waals surface area contributed by atoms with Crippen LogP contribution in [-0.4, -0.2) is 55.9 Å². The molecule has 5 nitrogen and oxygen atoms in total. The maximum atomic E-state index is 5.47. The van der Waals surface area contributed by atoms with Crippen molar-refractivity contribution in [2.75, 3.05) is 39.5 Å². The first kappa shape index (κ1) is 15.8. The summed E-state index contributed by atoms with van der Waals surface area (Å²) in [5, 5.41) is 0. The van der Waals surface area contributed by atoms with E-state index in [2.05, 4.69) is 34.0 Å². The molecule has 0 atom stereocenters. The Labute approximate surface area is 126 Å². The predicted molar refractivity (Wildman–Crippen MR) is 84.8 cm³/mol. The number of hydrogen-bond donors (Lipinski definition) is 0. The molecular formula is C16H23N3O2. The van der Waals surface area contributed by atoms with Gasteiger partial charge in [-0.15, -0.1) is 0 Å². The molecule has 0 spiro atoms. The molecule has 21 heavy (non-hydrogen) atoms. The number of aliphatic imine (C=N–C) groups is 2. The molecule has 1 aliphatic heterocycles. The molecule has 0 aromatic carbocycles. The molecule has 0 N–H and O–H groups in total. The SMILES string of the molecule is C/C1=N\CCOCCOCC/N=C(\C)c2cc(C)cc1n2. The minimum absolute atomic E-state index is 0.600. The minimum Gasteiger partial charge on any atom is -0.377 e. The number of nitrogens with zero attached hydrogens (tertiary/aromatic N) is 3. The Morgan fingerprint density at radius 2 is 1.24 bits per heavy atom. The number of hydrogen-bond acceptors (Lipinski definition) is 5. The van der Waals surface area contributed by atoms with E-state index in [1.165, 1.54) is 0 Å². The second kappa shape index (κ2) is 8.00. The van der Waals surface area contributed by atoms with Gasteiger partial charge in [0.1, 0.15) is 0 Å². The summed E-state index contributed by atoms with van der Waals surface area (Å²) < 4.78 is 10.9. The van der Waals surface area contributed by atoms with Crippen LogP contribution in [0.3, 0.4) is 0 Å². The number of ether oxygens (including phenoxy) is 2. The molecule has 5 heteroatoms. The lowest BCUT2D eigenvalue weighted by molar-refractivity contribution is 0.0541. The van der Waals surface area contributed by atoms with Crippen LogP contribution in [-0.2, 0) is 9.47 Å². The zero-order valence-electron chi connectivity index (χ0n) is 13.1. The highest BCUT2D eigenvalue weighted by Gasteiger charge is 2.06. The van der Waals surface area contributed by atoms with Crippen LogP contribution in [0.15, 0.2) is 22.1 Å².